The van der Waals surface area contributed by atoms with Gasteiger partial charge in [0.05, 0.1) is 30.7 Å². The number of methoxy groups -OCH3 is 1. The van der Waals surface area contributed by atoms with Crippen LogP contribution in [-0.2, 0) is 33.4 Å². The van der Waals surface area contributed by atoms with Crippen LogP contribution in [0.1, 0.15) is 13.8 Å². The highest BCUT2D eigenvalue weighted by molar-refractivity contribution is 9.10. The summed E-state index contributed by atoms with van der Waals surface area (Å²) in [4.78, 5) is 51.1. The van der Waals surface area contributed by atoms with E-state index < -0.39 is 53.6 Å². The number of hydrogen-bond donors (Lipinski definition) is 0. The van der Waals surface area contributed by atoms with Gasteiger partial charge in [-0.3, -0.25) is 19.2 Å². The van der Waals surface area contributed by atoms with Gasteiger partial charge in [0.15, 0.2) is 5.60 Å². The maximum absolute atomic E-state index is 13.5. The van der Waals surface area contributed by atoms with Crippen LogP contribution in [0.4, 0.5) is 5.69 Å². The van der Waals surface area contributed by atoms with Gasteiger partial charge in [-0.05, 0) is 24.3 Å². The largest absolute Gasteiger partial charge is 0.495 e. The Morgan fingerprint density at radius 3 is 2.43 bits per heavy atom. The minimum Gasteiger partial charge on any atom is -0.495 e. The number of esters is 2. The second-order valence-electron chi connectivity index (χ2n) is 7.18. The molecule has 158 valence electrons. The summed E-state index contributed by atoms with van der Waals surface area (Å²) in [5, 5.41) is 0. The minimum absolute atomic E-state index is 0.280. The molecule has 0 aliphatic carbocycles. The van der Waals surface area contributed by atoms with E-state index in [4.69, 9.17) is 18.9 Å². The Kier molecular flexibility index (Phi) is 4.94. The number of ether oxygens (including phenoxy) is 4. The zero-order valence-electron chi connectivity index (χ0n) is 16.3. The fourth-order valence-electron chi connectivity index (χ4n) is 4.29. The standard InChI is InChI=1S/C20H18BrNO8/c1-9(23)28-19(29-10(2)24)20-7-6-14(30-20)15-16(20)18(26)22(17(15)25)12-8-11(21)4-5-13(12)27-3/h4-8,14-16,19H,1-3H3/t14-,15+,16-,20-/m1/s1. The number of carbonyl (C=O) groups is 4. The SMILES string of the molecule is COc1ccc(Br)cc1N1C(=O)[C@H]2[C@H]3C=C[C@@](C(OC(C)=O)OC(C)=O)(O3)[C@H]2C1=O. The van der Waals surface area contributed by atoms with Crippen molar-refractivity contribution in [2.24, 2.45) is 11.8 Å². The smallest absolute Gasteiger partial charge is 0.305 e. The van der Waals surface area contributed by atoms with Gasteiger partial charge in [-0.2, -0.15) is 0 Å². The number of carbonyl (C=O) groups excluding carboxylic acids is 4. The van der Waals surface area contributed by atoms with E-state index in [1.54, 1.807) is 24.3 Å². The molecule has 10 heteroatoms. The molecule has 3 heterocycles. The number of rotatable bonds is 5. The number of nitrogens with zero attached hydrogens (tertiary/aromatic N) is 1. The Hall–Kier alpha value is -2.72. The summed E-state index contributed by atoms with van der Waals surface area (Å²) >= 11 is 3.34. The molecule has 4 atom stereocenters. The van der Waals surface area contributed by atoms with E-state index in [0.29, 0.717) is 10.2 Å². The van der Waals surface area contributed by atoms with E-state index in [9.17, 15) is 19.2 Å². The van der Waals surface area contributed by atoms with Crippen molar-refractivity contribution in [1.82, 2.24) is 0 Å². The first-order valence-electron chi connectivity index (χ1n) is 9.12. The van der Waals surface area contributed by atoms with E-state index in [1.165, 1.54) is 13.2 Å². The van der Waals surface area contributed by atoms with Crippen LogP contribution in [0.2, 0.25) is 0 Å². The second-order valence-corrected chi connectivity index (χ2v) is 8.09. The molecule has 1 aromatic carbocycles. The molecule has 0 saturated carbocycles. The number of hydrogen-bond acceptors (Lipinski definition) is 8. The van der Waals surface area contributed by atoms with Crippen molar-refractivity contribution in [1.29, 1.82) is 0 Å². The maximum atomic E-state index is 13.5. The molecule has 1 aromatic rings. The van der Waals surface area contributed by atoms with Crippen LogP contribution in [0.5, 0.6) is 5.75 Å². The number of halogens is 1. The summed E-state index contributed by atoms with van der Waals surface area (Å²) in [6, 6.07) is 4.96. The molecular formula is C20H18BrNO8. The third-order valence-corrected chi connectivity index (χ3v) is 5.87. The lowest BCUT2D eigenvalue weighted by Gasteiger charge is -2.34. The topological polar surface area (TPSA) is 108 Å². The van der Waals surface area contributed by atoms with Crippen molar-refractivity contribution in [2.75, 3.05) is 12.0 Å². The molecule has 0 unspecified atom stereocenters. The first kappa shape index (κ1) is 20.5. The summed E-state index contributed by atoms with van der Waals surface area (Å²) in [6.45, 7) is 2.30. The fourth-order valence-corrected chi connectivity index (χ4v) is 4.64. The molecule has 0 N–H and O–H groups in total. The van der Waals surface area contributed by atoms with E-state index in [2.05, 4.69) is 15.9 Å². The molecule has 2 fully saturated rings. The fraction of sp³-hybridized carbons (Fsp3) is 0.400. The molecule has 2 bridgehead atoms. The van der Waals surface area contributed by atoms with Gasteiger partial charge in [0.25, 0.3) is 6.29 Å². The van der Waals surface area contributed by atoms with E-state index in [0.717, 1.165) is 18.7 Å². The molecular weight excluding hydrogens is 462 g/mol. The van der Waals surface area contributed by atoms with Crippen LogP contribution in [0.3, 0.4) is 0 Å². The molecule has 0 spiro atoms. The summed E-state index contributed by atoms with van der Waals surface area (Å²) in [7, 11) is 1.44. The lowest BCUT2D eigenvalue weighted by atomic mass is 9.76. The lowest BCUT2D eigenvalue weighted by Crippen LogP contribution is -2.52. The molecule has 2 saturated heterocycles. The predicted octanol–water partition coefficient (Wildman–Crippen LogP) is 1.72. The molecule has 2 amide bonds. The Labute approximate surface area is 180 Å². The van der Waals surface area contributed by atoms with Crippen LogP contribution in [0.25, 0.3) is 0 Å². The predicted molar refractivity (Wildman–Crippen MR) is 104 cm³/mol. The van der Waals surface area contributed by atoms with Crippen LogP contribution in [-0.4, -0.2) is 48.9 Å². The first-order chi connectivity index (χ1) is 14.2. The number of benzene rings is 1. The number of anilines is 1. The molecule has 0 aromatic heterocycles. The minimum atomic E-state index is -1.59. The number of amides is 2. The van der Waals surface area contributed by atoms with E-state index in [-0.39, 0.29) is 5.69 Å². The summed E-state index contributed by atoms with van der Waals surface area (Å²) in [6.07, 6.45) is 0.920. The molecule has 30 heavy (non-hydrogen) atoms. The van der Waals surface area contributed by atoms with Crippen molar-refractivity contribution < 1.29 is 38.1 Å². The Morgan fingerprint density at radius 2 is 1.83 bits per heavy atom. The third kappa shape index (κ3) is 2.93. The van der Waals surface area contributed by atoms with Crippen LogP contribution in [0, 0.1) is 11.8 Å². The van der Waals surface area contributed by atoms with Gasteiger partial charge < -0.3 is 18.9 Å². The normalized spacial score (nSPS) is 28.8. The highest BCUT2D eigenvalue weighted by atomic mass is 79.9. The van der Waals surface area contributed by atoms with Crippen molar-refractivity contribution in [3.63, 3.8) is 0 Å². The van der Waals surface area contributed by atoms with Crippen molar-refractivity contribution >= 4 is 45.4 Å². The molecule has 4 rings (SSSR count). The Bertz CT molecular complexity index is 975. The summed E-state index contributed by atoms with van der Waals surface area (Å²) in [5.74, 6) is -4.01. The maximum Gasteiger partial charge on any atom is 0.305 e. The van der Waals surface area contributed by atoms with Crippen LogP contribution in [0.15, 0.2) is 34.8 Å². The first-order valence-corrected chi connectivity index (χ1v) is 9.92. The van der Waals surface area contributed by atoms with Gasteiger partial charge in [-0.15, -0.1) is 0 Å². The highest BCUT2D eigenvalue weighted by Crippen LogP contribution is 2.55. The monoisotopic (exact) mass is 479 g/mol. The molecule has 3 aliphatic rings. The van der Waals surface area contributed by atoms with E-state index >= 15 is 0 Å². The van der Waals surface area contributed by atoms with Crippen molar-refractivity contribution in [3.05, 3.63) is 34.8 Å². The molecule has 0 radical (unpaired) electrons. The van der Waals surface area contributed by atoms with Crippen molar-refractivity contribution in [3.8, 4) is 5.75 Å². The second kappa shape index (κ2) is 7.21. The molecule has 9 nitrogen and oxygen atoms in total. The van der Waals surface area contributed by atoms with E-state index in [1.807, 2.05) is 0 Å². The average Bonchev–Trinajstić information content (AvgIpc) is 3.31. The van der Waals surface area contributed by atoms with Gasteiger partial charge in [-0.25, -0.2) is 4.90 Å². The molecule has 3 aliphatic heterocycles. The summed E-state index contributed by atoms with van der Waals surface area (Å²) < 4.78 is 22.3. The van der Waals surface area contributed by atoms with Crippen LogP contribution >= 0.6 is 15.9 Å². The quantitative estimate of drug-likeness (QED) is 0.272. The number of imide groups is 1. The van der Waals surface area contributed by atoms with Crippen molar-refractivity contribution in [2.45, 2.75) is 31.8 Å². The Balaban J connectivity index is 1.78. The van der Waals surface area contributed by atoms with Crippen LogP contribution < -0.4 is 9.64 Å². The Morgan fingerprint density at radius 1 is 1.17 bits per heavy atom. The summed E-state index contributed by atoms with van der Waals surface area (Å²) in [5.41, 5.74) is -1.31. The van der Waals surface area contributed by atoms with Gasteiger partial charge in [-0.1, -0.05) is 22.0 Å². The number of fused-ring (bicyclic) bond motifs is 5. The van der Waals surface area contributed by atoms with Gasteiger partial charge in [0.1, 0.15) is 5.75 Å². The highest BCUT2D eigenvalue weighted by Gasteiger charge is 2.72. The van der Waals surface area contributed by atoms with Gasteiger partial charge >= 0.3 is 11.9 Å². The van der Waals surface area contributed by atoms with Gasteiger partial charge in [0.2, 0.25) is 11.8 Å². The average molecular weight is 480 g/mol. The zero-order valence-corrected chi connectivity index (χ0v) is 17.9. The zero-order chi connectivity index (χ0) is 21.8. The third-order valence-electron chi connectivity index (χ3n) is 5.37. The lowest BCUT2D eigenvalue weighted by molar-refractivity contribution is -0.226. The van der Waals surface area contributed by atoms with Gasteiger partial charge in [0, 0.05) is 18.3 Å².